The predicted molar refractivity (Wildman–Crippen MR) is 117 cm³/mol. The molecule has 1 aromatic heterocycles. The Bertz CT molecular complexity index is 882. The predicted octanol–water partition coefficient (Wildman–Crippen LogP) is 3.25. The van der Waals surface area contributed by atoms with Crippen molar-refractivity contribution in [1.29, 1.82) is 0 Å². The fourth-order valence-electron chi connectivity index (χ4n) is 3.95. The molecule has 0 radical (unpaired) electrons. The van der Waals surface area contributed by atoms with Gasteiger partial charge in [0.15, 0.2) is 0 Å². The second-order valence-corrected chi connectivity index (χ2v) is 9.10. The van der Waals surface area contributed by atoms with E-state index in [2.05, 4.69) is 4.90 Å². The van der Waals surface area contributed by atoms with Crippen LogP contribution in [-0.4, -0.2) is 72.4 Å². The molecule has 0 unspecified atom stereocenters. The standard InChI is InChI=1S/C23H27FN2O3S/c24-19-3-1-18(2-4-19)21-7-5-20(30-21)6-8-22(27)26-11-9-23(28,10-12-26)17-25-13-15-29-16-14-25/h1-8,28H,9-17H2/b8-6+. The van der Waals surface area contributed by atoms with Crippen LogP contribution < -0.4 is 0 Å². The van der Waals surface area contributed by atoms with Crippen molar-refractivity contribution >= 4 is 23.3 Å². The highest BCUT2D eigenvalue weighted by Gasteiger charge is 2.35. The number of carbonyl (C=O) groups excluding carboxylic acids is 1. The largest absolute Gasteiger partial charge is 0.388 e. The minimum Gasteiger partial charge on any atom is -0.388 e. The van der Waals surface area contributed by atoms with Crippen molar-refractivity contribution in [2.75, 3.05) is 45.9 Å². The van der Waals surface area contributed by atoms with Gasteiger partial charge in [0.05, 0.1) is 18.8 Å². The summed E-state index contributed by atoms with van der Waals surface area (Å²) in [6.07, 6.45) is 4.62. The summed E-state index contributed by atoms with van der Waals surface area (Å²) in [5.74, 6) is -0.278. The van der Waals surface area contributed by atoms with Gasteiger partial charge in [0.1, 0.15) is 5.82 Å². The molecule has 2 aliphatic heterocycles. The third-order valence-electron chi connectivity index (χ3n) is 5.77. The number of halogens is 1. The van der Waals surface area contributed by atoms with Crippen molar-refractivity contribution < 1.29 is 19.0 Å². The van der Waals surface area contributed by atoms with E-state index in [1.807, 2.05) is 18.2 Å². The van der Waals surface area contributed by atoms with Crippen molar-refractivity contribution in [3.63, 3.8) is 0 Å². The molecule has 3 heterocycles. The summed E-state index contributed by atoms with van der Waals surface area (Å²) < 4.78 is 18.5. The molecule has 2 fully saturated rings. The second-order valence-electron chi connectivity index (χ2n) is 7.98. The second kappa shape index (κ2) is 9.39. The number of carbonyl (C=O) groups is 1. The Morgan fingerprint density at radius 1 is 1.10 bits per heavy atom. The number of benzene rings is 1. The quantitative estimate of drug-likeness (QED) is 0.740. The summed E-state index contributed by atoms with van der Waals surface area (Å²) >= 11 is 1.56. The number of β-amino-alcohol motifs (C(OH)–C–C–N with tert-alkyl or cyclic N) is 1. The molecule has 0 atom stereocenters. The van der Waals surface area contributed by atoms with Crippen LogP contribution in [0.4, 0.5) is 4.39 Å². The summed E-state index contributed by atoms with van der Waals surface area (Å²) in [6, 6.07) is 10.4. The van der Waals surface area contributed by atoms with E-state index < -0.39 is 5.60 Å². The minimum absolute atomic E-state index is 0.0276. The van der Waals surface area contributed by atoms with Crippen LogP contribution >= 0.6 is 11.3 Å². The van der Waals surface area contributed by atoms with E-state index >= 15 is 0 Å². The van der Waals surface area contributed by atoms with E-state index in [9.17, 15) is 14.3 Å². The normalized spacial score (nSPS) is 20.0. The van der Waals surface area contributed by atoms with Crippen LogP contribution in [0.25, 0.3) is 16.5 Å². The van der Waals surface area contributed by atoms with Gasteiger partial charge in [-0.15, -0.1) is 11.3 Å². The Kier molecular flexibility index (Phi) is 6.63. The Morgan fingerprint density at radius 2 is 1.80 bits per heavy atom. The van der Waals surface area contributed by atoms with Crippen LogP contribution in [0.5, 0.6) is 0 Å². The number of likely N-dealkylation sites (tertiary alicyclic amines) is 1. The Balaban J connectivity index is 1.29. The van der Waals surface area contributed by atoms with Gasteiger partial charge in [0.2, 0.25) is 5.91 Å². The maximum atomic E-state index is 13.1. The third kappa shape index (κ3) is 5.35. The molecule has 1 aromatic carbocycles. The Labute approximate surface area is 180 Å². The molecule has 2 aliphatic rings. The van der Waals surface area contributed by atoms with E-state index in [1.165, 1.54) is 12.1 Å². The third-order valence-corrected chi connectivity index (χ3v) is 6.87. The number of hydrogen-bond donors (Lipinski definition) is 1. The SMILES string of the molecule is O=C(/C=C/c1ccc(-c2ccc(F)cc2)s1)N1CCC(O)(CN2CCOCC2)CC1. The van der Waals surface area contributed by atoms with Gasteiger partial charge < -0.3 is 14.7 Å². The molecular weight excluding hydrogens is 403 g/mol. The summed E-state index contributed by atoms with van der Waals surface area (Å²) in [6.45, 7) is 4.93. The highest BCUT2D eigenvalue weighted by atomic mass is 32.1. The molecule has 30 heavy (non-hydrogen) atoms. The lowest BCUT2D eigenvalue weighted by Crippen LogP contribution is -2.53. The number of piperidine rings is 1. The number of morpholine rings is 1. The maximum absolute atomic E-state index is 13.1. The molecule has 1 N–H and O–H groups in total. The molecule has 7 heteroatoms. The number of thiophene rings is 1. The average Bonchev–Trinajstić information content (AvgIpc) is 3.23. The topological polar surface area (TPSA) is 53.0 Å². The summed E-state index contributed by atoms with van der Waals surface area (Å²) in [7, 11) is 0. The van der Waals surface area contributed by atoms with Crippen LogP contribution in [0.1, 0.15) is 17.7 Å². The van der Waals surface area contributed by atoms with Crippen LogP contribution in [-0.2, 0) is 9.53 Å². The van der Waals surface area contributed by atoms with Crippen LogP contribution in [0.15, 0.2) is 42.5 Å². The molecule has 160 valence electrons. The van der Waals surface area contributed by atoms with Crippen molar-refractivity contribution in [2.24, 2.45) is 0 Å². The molecule has 0 spiro atoms. The highest BCUT2D eigenvalue weighted by Crippen LogP contribution is 2.29. The summed E-state index contributed by atoms with van der Waals surface area (Å²) in [5, 5.41) is 10.9. The molecule has 2 saturated heterocycles. The zero-order chi connectivity index (χ0) is 21.0. The highest BCUT2D eigenvalue weighted by molar-refractivity contribution is 7.16. The Morgan fingerprint density at radius 3 is 2.50 bits per heavy atom. The van der Waals surface area contributed by atoms with Gasteiger partial charge in [-0.25, -0.2) is 4.39 Å². The first kappa shape index (κ1) is 21.2. The lowest BCUT2D eigenvalue weighted by atomic mass is 9.90. The van der Waals surface area contributed by atoms with Gasteiger partial charge in [-0.05, 0) is 48.7 Å². The van der Waals surface area contributed by atoms with Crippen molar-refractivity contribution in [3.05, 3.63) is 53.2 Å². The van der Waals surface area contributed by atoms with E-state index in [0.717, 1.165) is 41.6 Å². The number of ether oxygens (including phenoxy) is 1. The molecular formula is C23H27FN2O3S. The number of nitrogens with zero attached hydrogens (tertiary/aromatic N) is 2. The minimum atomic E-state index is -0.727. The summed E-state index contributed by atoms with van der Waals surface area (Å²) in [4.78, 5) is 18.6. The lowest BCUT2D eigenvalue weighted by Gasteiger charge is -2.41. The van der Waals surface area contributed by atoms with E-state index in [0.29, 0.717) is 32.5 Å². The first-order chi connectivity index (χ1) is 14.5. The molecule has 0 bridgehead atoms. The molecule has 2 aromatic rings. The van der Waals surface area contributed by atoms with Crippen LogP contribution in [0, 0.1) is 5.82 Å². The number of hydrogen-bond acceptors (Lipinski definition) is 5. The number of aliphatic hydroxyl groups is 1. The van der Waals surface area contributed by atoms with Gasteiger partial charge >= 0.3 is 0 Å². The maximum Gasteiger partial charge on any atom is 0.246 e. The molecule has 0 aliphatic carbocycles. The lowest BCUT2D eigenvalue weighted by molar-refractivity contribution is -0.131. The number of amides is 1. The van der Waals surface area contributed by atoms with Crippen molar-refractivity contribution in [3.8, 4) is 10.4 Å². The van der Waals surface area contributed by atoms with Gasteiger partial charge in [-0.2, -0.15) is 0 Å². The van der Waals surface area contributed by atoms with Crippen LogP contribution in [0.2, 0.25) is 0 Å². The monoisotopic (exact) mass is 430 g/mol. The smallest absolute Gasteiger partial charge is 0.246 e. The van der Waals surface area contributed by atoms with Crippen LogP contribution in [0.3, 0.4) is 0 Å². The van der Waals surface area contributed by atoms with E-state index in [-0.39, 0.29) is 11.7 Å². The Hall–Kier alpha value is -2.06. The van der Waals surface area contributed by atoms with Gasteiger partial charge in [0.25, 0.3) is 0 Å². The average molecular weight is 431 g/mol. The van der Waals surface area contributed by atoms with Gasteiger partial charge in [0, 0.05) is 48.6 Å². The van der Waals surface area contributed by atoms with E-state index in [1.54, 1.807) is 34.4 Å². The van der Waals surface area contributed by atoms with Gasteiger partial charge in [-0.1, -0.05) is 12.1 Å². The molecule has 0 saturated carbocycles. The van der Waals surface area contributed by atoms with Crippen molar-refractivity contribution in [2.45, 2.75) is 18.4 Å². The first-order valence-electron chi connectivity index (χ1n) is 10.4. The van der Waals surface area contributed by atoms with E-state index in [4.69, 9.17) is 4.74 Å². The summed E-state index contributed by atoms with van der Waals surface area (Å²) in [5.41, 5.74) is 0.235. The molecule has 1 amide bonds. The zero-order valence-electron chi connectivity index (χ0n) is 16.9. The molecule has 5 nitrogen and oxygen atoms in total. The van der Waals surface area contributed by atoms with Gasteiger partial charge in [-0.3, -0.25) is 9.69 Å². The zero-order valence-corrected chi connectivity index (χ0v) is 17.7. The molecule has 4 rings (SSSR count). The fraction of sp³-hybridized carbons (Fsp3) is 0.435. The van der Waals surface area contributed by atoms with Crippen molar-refractivity contribution in [1.82, 2.24) is 9.80 Å². The fourth-order valence-corrected chi connectivity index (χ4v) is 4.86. The first-order valence-corrected chi connectivity index (χ1v) is 11.2. The number of rotatable bonds is 5.